The summed E-state index contributed by atoms with van der Waals surface area (Å²) in [6, 6.07) is 5.37. The Hall–Kier alpha value is -1.17. The van der Waals surface area contributed by atoms with E-state index in [0.717, 1.165) is 32.6 Å². The van der Waals surface area contributed by atoms with Crippen LogP contribution in [-0.2, 0) is 4.74 Å². The van der Waals surface area contributed by atoms with Crippen molar-refractivity contribution >= 4 is 0 Å². The molecule has 0 aliphatic carbocycles. The van der Waals surface area contributed by atoms with Gasteiger partial charge in [0.1, 0.15) is 11.6 Å². The van der Waals surface area contributed by atoms with E-state index in [-0.39, 0.29) is 11.9 Å². The van der Waals surface area contributed by atoms with E-state index < -0.39 is 0 Å². The first-order chi connectivity index (χ1) is 10.2. The van der Waals surface area contributed by atoms with E-state index in [1.807, 2.05) is 7.05 Å². The highest BCUT2D eigenvalue weighted by Crippen LogP contribution is 2.30. The Morgan fingerprint density at radius 1 is 1.52 bits per heavy atom. The molecule has 2 rings (SSSR count). The van der Waals surface area contributed by atoms with Gasteiger partial charge in [-0.3, -0.25) is 0 Å². The van der Waals surface area contributed by atoms with Crippen molar-refractivity contribution < 1.29 is 13.9 Å². The molecular weight excluding hydrogens is 271 g/mol. The van der Waals surface area contributed by atoms with E-state index in [1.54, 1.807) is 19.2 Å². The molecule has 0 bridgehead atoms. The molecule has 0 spiro atoms. The van der Waals surface area contributed by atoms with Gasteiger partial charge in [-0.1, -0.05) is 6.07 Å². The van der Waals surface area contributed by atoms with Gasteiger partial charge in [0.25, 0.3) is 0 Å². The Morgan fingerprint density at radius 3 is 2.95 bits per heavy atom. The lowest BCUT2D eigenvalue weighted by Gasteiger charge is -2.26. The summed E-state index contributed by atoms with van der Waals surface area (Å²) in [5, 5.41) is 3.20. The second-order valence-electron chi connectivity index (χ2n) is 5.48. The van der Waals surface area contributed by atoms with Gasteiger partial charge in [-0.05, 0) is 39.1 Å². The van der Waals surface area contributed by atoms with Crippen LogP contribution in [0.2, 0.25) is 0 Å². The van der Waals surface area contributed by atoms with Crippen molar-refractivity contribution in [1.82, 2.24) is 10.2 Å². The van der Waals surface area contributed by atoms with Crippen LogP contribution >= 0.6 is 0 Å². The first kappa shape index (κ1) is 16.2. The topological polar surface area (TPSA) is 33.7 Å². The summed E-state index contributed by atoms with van der Waals surface area (Å²) >= 11 is 0. The number of benzene rings is 1. The third kappa shape index (κ3) is 3.93. The highest BCUT2D eigenvalue weighted by Gasteiger charge is 2.23. The average Bonchev–Trinajstić information content (AvgIpc) is 3.03. The predicted molar refractivity (Wildman–Crippen MR) is 81.2 cm³/mol. The number of nitrogens with zero attached hydrogens (tertiary/aromatic N) is 1. The third-order valence-electron chi connectivity index (χ3n) is 4.23. The maximum absolute atomic E-state index is 14.1. The zero-order valence-corrected chi connectivity index (χ0v) is 13.1. The molecule has 0 saturated carbocycles. The fourth-order valence-electron chi connectivity index (χ4n) is 2.85. The standard InChI is InChI=1S/C16H25FN2O2/c1-18-14(7-9-19(2)12-8-10-21-11-12)16-13(17)5-4-6-15(16)20-3/h4-6,12,14,18H,7-11H2,1-3H3. The van der Waals surface area contributed by atoms with Crippen molar-refractivity contribution in [3.63, 3.8) is 0 Å². The summed E-state index contributed by atoms with van der Waals surface area (Å²) in [4.78, 5) is 2.30. The molecule has 1 aromatic carbocycles. The van der Waals surface area contributed by atoms with Crippen LogP contribution in [0.5, 0.6) is 5.75 Å². The Balaban J connectivity index is 2.02. The Bertz CT molecular complexity index is 450. The van der Waals surface area contributed by atoms with E-state index in [9.17, 15) is 4.39 Å². The molecule has 118 valence electrons. The number of likely N-dealkylation sites (N-methyl/N-ethyl adjacent to an activating group) is 1. The fourth-order valence-corrected chi connectivity index (χ4v) is 2.85. The van der Waals surface area contributed by atoms with E-state index in [0.29, 0.717) is 17.4 Å². The van der Waals surface area contributed by atoms with Crippen molar-refractivity contribution in [2.24, 2.45) is 0 Å². The highest BCUT2D eigenvalue weighted by molar-refractivity contribution is 5.37. The molecule has 1 aromatic rings. The van der Waals surface area contributed by atoms with Crippen LogP contribution < -0.4 is 10.1 Å². The molecule has 0 radical (unpaired) electrons. The Labute approximate surface area is 126 Å². The lowest BCUT2D eigenvalue weighted by atomic mass is 10.0. The largest absolute Gasteiger partial charge is 0.496 e. The summed E-state index contributed by atoms with van der Waals surface area (Å²) in [6.45, 7) is 2.52. The maximum atomic E-state index is 14.1. The molecule has 1 N–H and O–H groups in total. The zero-order chi connectivity index (χ0) is 15.2. The minimum atomic E-state index is -0.222. The molecular formula is C16H25FN2O2. The van der Waals surface area contributed by atoms with Gasteiger partial charge in [-0.2, -0.15) is 0 Å². The summed E-state index contributed by atoms with van der Waals surface area (Å²) in [5.41, 5.74) is 0.610. The quantitative estimate of drug-likeness (QED) is 0.836. The molecule has 1 aliphatic heterocycles. The van der Waals surface area contributed by atoms with Gasteiger partial charge in [0, 0.05) is 30.8 Å². The average molecular weight is 296 g/mol. The van der Waals surface area contributed by atoms with Crippen LogP contribution in [0.3, 0.4) is 0 Å². The Morgan fingerprint density at radius 2 is 2.33 bits per heavy atom. The second-order valence-corrected chi connectivity index (χ2v) is 5.48. The van der Waals surface area contributed by atoms with Gasteiger partial charge in [0.2, 0.25) is 0 Å². The van der Waals surface area contributed by atoms with Crippen molar-refractivity contribution in [3.05, 3.63) is 29.6 Å². The Kier molecular flexibility index (Phi) is 5.96. The number of rotatable bonds is 7. The van der Waals surface area contributed by atoms with Crippen LogP contribution in [-0.4, -0.2) is 51.9 Å². The molecule has 0 amide bonds. The summed E-state index contributed by atoms with van der Waals surface area (Å²) in [5.74, 6) is 0.377. The third-order valence-corrected chi connectivity index (χ3v) is 4.23. The molecule has 0 aromatic heterocycles. The monoisotopic (exact) mass is 296 g/mol. The van der Waals surface area contributed by atoms with E-state index in [1.165, 1.54) is 6.07 Å². The van der Waals surface area contributed by atoms with E-state index in [4.69, 9.17) is 9.47 Å². The molecule has 1 fully saturated rings. The van der Waals surface area contributed by atoms with E-state index in [2.05, 4.69) is 17.3 Å². The van der Waals surface area contributed by atoms with Crippen LogP contribution in [0, 0.1) is 5.82 Å². The zero-order valence-electron chi connectivity index (χ0n) is 13.1. The lowest BCUT2D eigenvalue weighted by Crippen LogP contribution is -2.34. The SMILES string of the molecule is CNC(CCN(C)C1CCOC1)c1c(F)cccc1OC. The van der Waals surface area contributed by atoms with Gasteiger partial charge in [0.15, 0.2) is 0 Å². The molecule has 5 heteroatoms. The predicted octanol–water partition coefficient (Wildman–Crippen LogP) is 2.21. The molecule has 4 nitrogen and oxygen atoms in total. The number of methoxy groups -OCH3 is 1. The summed E-state index contributed by atoms with van der Waals surface area (Å²) in [6.07, 6.45) is 1.89. The normalized spacial score (nSPS) is 20.0. The molecule has 2 unspecified atom stereocenters. The van der Waals surface area contributed by atoms with Crippen LogP contribution in [0.25, 0.3) is 0 Å². The minimum absolute atomic E-state index is 0.0640. The van der Waals surface area contributed by atoms with Gasteiger partial charge in [-0.25, -0.2) is 4.39 Å². The molecule has 1 aliphatic rings. The molecule has 21 heavy (non-hydrogen) atoms. The van der Waals surface area contributed by atoms with E-state index >= 15 is 0 Å². The van der Waals surface area contributed by atoms with Crippen molar-refractivity contribution in [2.75, 3.05) is 41.0 Å². The number of ether oxygens (including phenoxy) is 2. The highest BCUT2D eigenvalue weighted by atomic mass is 19.1. The van der Waals surface area contributed by atoms with Gasteiger partial charge in [0.05, 0.1) is 13.7 Å². The number of halogens is 1. The number of nitrogens with one attached hydrogen (secondary N) is 1. The maximum Gasteiger partial charge on any atom is 0.131 e. The van der Waals surface area contributed by atoms with Crippen LogP contribution in [0.4, 0.5) is 4.39 Å². The van der Waals surface area contributed by atoms with Gasteiger partial charge < -0.3 is 19.7 Å². The first-order valence-electron chi connectivity index (χ1n) is 7.45. The van der Waals surface area contributed by atoms with Crippen molar-refractivity contribution in [3.8, 4) is 5.75 Å². The molecule has 2 atom stereocenters. The van der Waals surface area contributed by atoms with Crippen molar-refractivity contribution in [2.45, 2.75) is 24.9 Å². The van der Waals surface area contributed by atoms with Crippen LogP contribution in [0.15, 0.2) is 18.2 Å². The van der Waals surface area contributed by atoms with Gasteiger partial charge in [-0.15, -0.1) is 0 Å². The summed E-state index contributed by atoms with van der Waals surface area (Å²) < 4.78 is 24.9. The number of hydrogen-bond acceptors (Lipinski definition) is 4. The second kappa shape index (κ2) is 7.73. The first-order valence-corrected chi connectivity index (χ1v) is 7.45. The van der Waals surface area contributed by atoms with Gasteiger partial charge >= 0.3 is 0 Å². The number of hydrogen-bond donors (Lipinski definition) is 1. The molecule has 1 heterocycles. The smallest absolute Gasteiger partial charge is 0.131 e. The van der Waals surface area contributed by atoms with Crippen molar-refractivity contribution in [1.29, 1.82) is 0 Å². The van der Waals surface area contributed by atoms with Crippen LogP contribution in [0.1, 0.15) is 24.4 Å². The molecule has 1 saturated heterocycles. The summed E-state index contributed by atoms with van der Waals surface area (Å²) in [7, 11) is 5.53. The fraction of sp³-hybridized carbons (Fsp3) is 0.625. The minimum Gasteiger partial charge on any atom is -0.496 e. The lowest BCUT2D eigenvalue weighted by molar-refractivity contribution is 0.156.